The Morgan fingerprint density at radius 1 is 1.21 bits per heavy atom. The van der Waals surface area contributed by atoms with Crippen LogP contribution in [0, 0.1) is 10.1 Å². The molecule has 1 aliphatic heterocycles. The lowest BCUT2D eigenvalue weighted by Crippen LogP contribution is -2.17. The molecule has 0 bridgehead atoms. The van der Waals surface area contributed by atoms with E-state index in [0.717, 1.165) is 10.2 Å². The Morgan fingerprint density at radius 2 is 1.89 bits per heavy atom. The molecule has 0 spiro atoms. The number of benzene rings is 2. The number of aromatic nitrogens is 1. The van der Waals surface area contributed by atoms with E-state index in [1.54, 1.807) is 12.1 Å². The number of nitro groups is 1. The van der Waals surface area contributed by atoms with Crippen molar-refractivity contribution in [1.29, 1.82) is 0 Å². The van der Waals surface area contributed by atoms with E-state index in [-0.39, 0.29) is 18.0 Å². The first kappa shape index (κ1) is 18.2. The summed E-state index contributed by atoms with van der Waals surface area (Å²) in [6, 6.07) is 9.77. The number of fused-ring (bicyclic) bond motifs is 2. The quantitative estimate of drug-likeness (QED) is 0.496. The number of thiazole rings is 1. The van der Waals surface area contributed by atoms with E-state index in [1.165, 1.54) is 23.5 Å². The number of amides is 1. The molecule has 0 radical (unpaired) electrons. The second kappa shape index (κ2) is 7.43. The zero-order chi connectivity index (χ0) is 19.7. The van der Waals surface area contributed by atoms with Crippen LogP contribution >= 0.6 is 11.3 Å². The van der Waals surface area contributed by atoms with E-state index >= 15 is 0 Å². The number of carbonyl (C=O) groups excluding carboxylic acids is 1. The Balaban J connectivity index is 1.66. The lowest BCUT2D eigenvalue weighted by molar-refractivity contribution is -0.384. The molecular formula is C19H17N3O5S. The molecule has 0 saturated carbocycles. The highest BCUT2D eigenvalue weighted by Gasteiger charge is 2.16. The molecule has 0 aliphatic carbocycles. The summed E-state index contributed by atoms with van der Waals surface area (Å²) in [5.74, 6) is 1.09. The van der Waals surface area contributed by atoms with E-state index in [0.29, 0.717) is 41.6 Å². The fraction of sp³-hybridized carbons (Fsp3) is 0.263. The van der Waals surface area contributed by atoms with E-state index in [9.17, 15) is 14.9 Å². The van der Waals surface area contributed by atoms with Crippen LogP contribution in [-0.2, 0) is 17.8 Å². The number of non-ortho nitro benzene ring substituents is 1. The van der Waals surface area contributed by atoms with Crippen LogP contribution in [-0.4, -0.2) is 28.6 Å². The van der Waals surface area contributed by atoms with Gasteiger partial charge in [-0.15, -0.1) is 0 Å². The second-order valence-corrected chi connectivity index (χ2v) is 7.21. The molecule has 28 heavy (non-hydrogen) atoms. The maximum Gasteiger partial charge on any atom is 0.269 e. The van der Waals surface area contributed by atoms with Crippen molar-refractivity contribution in [2.45, 2.75) is 19.9 Å². The highest BCUT2D eigenvalue weighted by molar-refractivity contribution is 7.16. The number of hydrogen-bond donors (Lipinski definition) is 0. The van der Waals surface area contributed by atoms with Crippen molar-refractivity contribution in [3.05, 3.63) is 56.9 Å². The van der Waals surface area contributed by atoms with Gasteiger partial charge in [0.05, 0.1) is 21.6 Å². The molecule has 0 unspecified atom stereocenters. The molecule has 144 valence electrons. The van der Waals surface area contributed by atoms with E-state index in [2.05, 4.69) is 4.99 Å². The lowest BCUT2D eigenvalue weighted by Gasteiger charge is -2.18. The standard InChI is InChI=1S/C19H17N3O5S/c1-2-21-14-10-15-16(27-8-7-26-15)11-17(14)28-19(21)20-18(23)9-12-3-5-13(6-4-12)22(24)25/h3-6,10-11H,2,7-9H2,1H3. The van der Waals surface area contributed by atoms with Gasteiger partial charge in [-0.2, -0.15) is 4.99 Å². The molecule has 0 N–H and O–H groups in total. The second-order valence-electron chi connectivity index (χ2n) is 6.20. The Morgan fingerprint density at radius 3 is 2.54 bits per heavy atom. The first-order chi connectivity index (χ1) is 13.5. The van der Waals surface area contributed by atoms with Gasteiger partial charge in [-0.05, 0) is 12.5 Å². The molecule has 8 nitrogen and oxygen atoms in total. The summed E-state index contributed by atoms with van der Waals surface area (Å²) in [7, 11) is 0. The minimum atomic E-state index is -0.468. The first-order valence-electron chi connectivity index (χ1n) is 8.79. The number of hydrogen-bond acceptors (Lipinski definition) is 6. The molecule has 2 heterocycles. The van der Waals surface area contributed by atoms with Crippen LogP contribution in [0.2, 0.25) is 0 Å². The topological polar surface area (TPSA) is 96.0 Å². The number of nitro benzene ring substituents is 1. The van der Waals surface area contributed by atoms with Crippen LogP contribution < -0.4 is 14.3 Å². The molecule has 2 aromatic carbocycles. The largest absolute Gasteiger partial charge is 0.486 e. The number of aryl methyl sites for hydroxylation is 1. The van der Waals surface area contributed by atoms with Crippen LogP contribution in [0.1, 0.15) is 12.5 Å². The van der Waals surface area contributed by atoms with Crippen molar-refractivity contribution >= 4 is 33.1 Å². The Hall–Kier alpha value is -3.20. The molecule has 3 aromatic rings. The highest BCUT2D eigenvalue weighted by atomic mass is 32.1. The third-order valence-corrected chi connectivity index (χ3v) is 5.43. The van der Waals surface area contributed by atoms with E-state index in [1.807, 2.05) is 23.6 Å². The van der Waals surface area contributed by atoms with Gasteiger partial charge >= 0.3 is 0 Å². The minimum Gasteiger partial charge on any atom is -0.486 e. The zero-order valence-corrected chi connectivity index (χ0v) is 15.9. The van der Waals surface area contributed by atoms with Crippen molar-refractivity contribution in [1.82, 2.24) is 4.57 Å². The zero-order valence-electron chi connectivity index (χ0n) is 15.1. The maximum atomic E-state index is 12.4. The number of nitrogens with zero attached hydrogens (tertiary/aromatic N) is 3. The number of rotatable bonds is 4. The predicted molar refractivity (Wildman–Crippen MR) is 104 cm³/mol. The van der Waals surface area contributed by atoms with Crippen LogP contribution in [0.25, 0.3) is 10.2 Å². The van der Waals surface area contributed by atoms with Gasteiger partial charge in [-0.1, -0.05) is 23.5 Å². The lowest BCUT2D eigenvalue weighted by atomic mass is 10.1. The van der Waals surface area contributed by atoms with Crippen molar-refractivity contribution in [3.63, 3.8) is 0 Å². The third-order valence-electron chi connectivity index (χ3n) is 4.39. The van der Waals surface area contributed by atoms with Crippen LogP contribution in [0.4, 0.5) is 5.69 Å². The van der Waals surface area contributed by atoms with Crippen molar-refractivity contribution in [3.8, 4) is 11.5 Å². The molecule has 1 aliphatic rings. The molecule has 9 heteroatoms. The van der Waals surface area contributed by atoms with Gasteiger partial charge in [-0.3, -0.25) is 14.9 Å². The molecule has 0 fully saturated rings. The number of carbonyl (C=O) groups is 1. The third kappa shape index (κ3) is 3.48. The Bertz CT molecular complexity index is 1130. The average molecular weight is 399 g/mol. The van der Waals surface area contributed by atoms with Crippen molar-refractivity contribution in [2.75, 3.05) is 13.2 Å². The summed E-state index contributed by atoms with van der Waals surface area (Å²) in [5, 5.41) is 10.7. The molecular weight excluding hydrogens is 382 g/mol. The monoisotopic (exact) mass is 399 g/mol. The summed E-state index contributed by atoms with van der Waals surface area (Å²) in [6.07, 6.45) is 0.0820. The summed E-state index contributed by atoms with van der Waals surface area (Å²) in [6.45, 7) is 3.68. The molecule has 4 rings (SSSR count). The van der Waals surface area contributed by atoms with Gasteiger partial charge in [0.1, 0.15) is 13.2 Å². The van der Waals surface area contributed by atoms with E-state index in [4.69, 9.17) is 9.47 Å². The molecule has 1 amide bonds. The molecule has 0 saturated heterocycles. The van der Waals surface area contributed by atoms with E-state index < -0.39 is 4.92 Å². The van der Waals surface area contributed by atoms with Crippen LogP contribution in [0.5, 0.6) is 11.5 Å². The van der Waals surface area contributed by atoms with Gasteiger partial charge in [0.15, 0.2) is 16.3 Å². The summed E-state index contributed by atoms with van der Waals surface area (Å²) >= 11 is 1.42. The van der Waals surface area contributed by atoms with Gasteiger partial charge in [0.25, 0.3) is 11.6 Å². The van der Waals surface area contributed by atoms with Gasteiger partial charge in [0.2, 0.25) is 0 Å². The van der Waals surface area contributed by atoms with Crippen molar-refractivity contribution < 1.29 is 19.2 Å². The average Bonchev–Trinajstić information content (AvgIpc) is 3.02. The van der Waals surface area contributed by atoms with Gasteiger partial charge in [-0.25, -0.2) is 0 Å². The SMILES string of the molecule is CCn1c(=NC(=O)Cc2ccc([N+](=O)[O-])cc2)sc2cc3c(cc21)OCCO3. The summed E-state index contributed by atoms with van der Waals surface area (Å²) in [5.41, 5.74) is 1.62. The van der Waals surface area contributed by atoms with Crippen LogP contribution in [0.15, 0.2) is 41.4 Å². The maximum absolute atomic E-state index is 12.4. The van der Waals surface area contributed by atoms with Gasteiger partial charge < -0.3 is 14.0 Å². The Labute approximate surface area is 163 Å². The van der Waals surface area contributed by atoms with Gasteiger partial charge in [0, 0.05) is 30.8 Å². The summed E-state index contributed by atoms with van der Waals surface area (Å²) < 4.78 is 14.2. The molecule has 1 aromatic heterocycles. The fourth-order valence-corrected chi connectivity index (χ4v) is 4.18. The van der Waals surface area contributed by atoms with Crippen molar-refractivity contribution in [2.24, 2.45) is 4.99 Å². The highest BCUT2D eigenvalue weighted by Crippen LogP contribution is 2.35. The minimum absolute atomic E-state index is 0.00475. The Kier molecular flexibility index (Phi) is 4.82. The fourth-order valence-electron chi connectivity index (χ4n) is 3.05. The molecule has 0 atom stereocenters. The normalized spacial score (nSPS) is 13.7. The smallest absolute Gasteiger partial charge is 0.269 e. The van der Waals surface area contributed by atoms with Crippen LogP contribution in [0.3, 0.4) is 0 Å². The summed E-state index contributed by atoms with van der Waals surface area (Å²) in [4.78, 5) is 27.6. The predicted octanol–water partition coefficient (Wildman–Crippen LogP) is 3.07. The number of ether oxygens (including phenoxy) is 2. The first-order valence-corrected chi connectivity index (χ1v) is 9.60.